The summed E-state index contributed by atoms with van der Waals surface area (Å²) >= 11 is 0. The number of hydrogen-bond donors (Lipinski definition) is 1. The third-order valence-electron chi connectivity index (χ3n) is 5.47. The number of likely N-dealkylation sites (tertiary alicyclic amines) is 1. The fourth-order valence-corrected chi connectivity index (χ4v) is 3.87. The van der Waals surface area contributed by atoms with Crippen LogP contribution in [0.5, 0.6) is 11.5 Å². The summed E-state index contributed by atoms with van der Waals surface area (Å²) in [6, 6.07) is 5.82. The number of benzene rings is 1. The molecule has 1 aliphatic carbocycles. The van der Waals surface area contributed by atoms with Gasteiger partial charge in [0.2, 0.25) is 5.91 Å². The normalized spacial score (nSPS) is 31.0. The topological polar surface area (TPSA) is 76.1 Å². The molecule has 6 nitrogen and oxygen atoms in total. The number of nitrogens with zero attached hydrogens (tertiary/aromatic N) is 1. The van der Waals surface area contributed by atoms with Crippen molar-refractivity contribution in [3.05, 3.63) is 23.8 Å². The lowest BCUT2D eigenvalue weighted by Gasteiger charge is -2.31. The number of fused-ring (bicyclic) bond motifs is 1. The van der Waals surface area contributed by atoms with E-state index in [1.165, 1.54) is 0 Å². The summed E-state index contributed by atoms with van der Waals surface area (Å²) < 4.78 is 11.1. The van der Waals surface area contributed by atoms with Crippen LogP contribution in [0.25, 0.3) is 0 Å². The van der Waals surface area contributed by atoms with Crippen LogP contribution in [-0.4, -0.2) is 47.2 Å². The van der Waals surface area contributed by atoms with E-state index >= 15 is 0 Å². The molecule has 4 rings (SSSR count). The average molecular weight is 331 g/mol. The maximum Gasteiger partial charge on any atom is 0.329 e. The van der Waals surface area contributed by atoms with E-state index in [9.17, 15) is 14.7 Å². The first-order valence-corrected chi connectivity index (χ1v) is 8.45. The number of carbonyl (C=O) groups is 2. The van der Waals surface area contributed by atoms with Crippen molar-refractivity contribution in [3.8, 4) is 11.5 Å². The summed E-state index contributed by atoms with van der Waals surface area (Å²) in [6.45, 7) is 3.28. The molecule has 0 spiro atoms. The Bertz CT molecular complexity index is 703. The Morgan fingerprint density at radius 1 is 1.25 bits per heavy atom. The monoisotopic (exact) mass is 331 g/mol. The van der Waals surface area contributed by atoms with Gasteiger partial charge in [-0.1, -0.05) is 6.07 Å². The van der Waals surface area contributed by atoms with Crippen LogP contribution in [0.1, 0.15) is 37.7 Å². The summed E-state index contributed by atoms with van der Waals surface area (Å²) in [5.41, 5.74) is 0.00522. The number of carboxylic acid groups (broad SMARTS) is 1. The minimum absolute atomic E-state index is 0.0303. The number of carboxylic acids is 1. The zero-order valence-corrected chi connectivity index (χ0v) is 13.7. The molecule has 0 aromatic heterocycles. The lowest BCUT2D eigenvalue weighted by molar-refractivity contribution is -0.155. The lowest BCUT2D eigenvalue weighted by atomic mass is 9.98. The molecule has 128 valence electrons. The van der Waals surface area contributed by atoms with Gasteiger partial charge in [0.25, 0.3) is 0 Å². The molecule has 1 saturated heterocycles. The Morgan fingerprint density at radius 2 is 2.00 bits per heavy atom. The Morgan fingerprint density at radius 3 is 2.75 bits per heavy atom. The fraction of sp³-hybridized carbons (Fsp3) is 0.556. The molecule has 1 aromatic carbocycles. The maximum atomic E-state index is 12.8. The van der Waals surface area contributed by atoms with Crippen molar-refractivity contribution in [2.75, 3.05) is 19.8 Å². The molecule has 1 saturated carbocycles. The molecule has 1 amide bonds. The second-order valence-electron chi connectivity index (χ2n) is 7.02. The van der Waals surface area contributed by atoms with Gasteiger partial charge in [-0.05, 0) is 49.8 Å². The summed E-state index contributed by atoms with van der Waals surface area (Å²) in [5, 5.41) is 9.49. The first-order chi connectivity index (χ1) is 11.5. The summed E-state index contributed by atoms with van der Waals surface area (Å²) in [4.78, 5) is 25.9. The maximum absolute atomic E-state index is 12.8. The molecule has 2 fully saturated rings. The molecule has 6 heteroatoms. The minimum Gasteiger partial charge on any atom is -0.486 e. The Labute approximate surface area is 140 Å². The largest absolute Gasteiger partial charge is 0.486 e. The molecule has 0 bridgehead atoms. The Balaban J connectivity index is 1.50. The van der Waals surface area contributed by atoms with E-state index in [2.05, 4.69) is 0 Å². The first-order valence-electron chi connectivity index (χ1n) is 8.45. The number of carbonyl (C=O) groups excluding carboxylic acids is 1. The number of amides is 1. The van der Waals surface area contributed by atoms with Crippen molar-refractivity contribution in [2.45, 2.75) is 37.6 Å². The van der Waals surface area contributed by atoms with Gasteiger partial charge in [0.05, 0.1) is 0 Å². The van der Waals surface area contributed by atoms with Gasteiger partial charge < -0.3 is 19.5 Å². The molecular formula is C18H21NO5. The molecule has 3 aliphatic rings. The predicted octanol–water partition coefficient (Wildman–Crippen LogP) is 2.03. The molecule has 0 radical (unpaired) electrons. The van der Waals surface area contributed by atoms with Crippen molar-refractivity contribution in [3.63, 3.8) is 0 Å². The molecule has 1 N–H and O–H groups in total. The highest BCUT2D eigenvalue weighted by molar-refractivity contribution is 5.90. The number of aliphatic carboxylic acids is 1. The minimum atomic E-state index is -1.06. The number of ether oxygens (including phenoxy) is 2. The highest BCUT2D eigenvalue weighted by atomic mass is 16.6. The van der Waals surface area contributed by atoms with E-state index in [1.54, 1.807) is 11.8 Å². The molecule has 2 aliphatic heterocycles. The molecule has 2 heterocycles. The zero-order valence-electron chi connectivity index (χ0n) is 13.7. The van der Waals surface area contributed by atoms with Gasteiger partial charge in [-0.2, -0.15) is 0 Å². The quantitative estimate of drug-likeness (QED) is 0.917. The van der Waals surface area contributed by atoms with Gasteiger partial charge in [-0.3, -0.25) is 4.79 Å². The van der Waals surface area contributed by atoms with E-state index in [1.807, 2.05) is 18.2 Å². The average Bonchev–Trinajstić information content (AvgIpc) is 3.29. The van der Waals surface area contributed by atoms with Crippen LogP contribution >= 0.6 is 0 Å². The Hall–Kier alpha value is -2.24. The van der Waals surface area contributed by atoms with Crippen LogP contribution in [-0.2, 0) is 9.59 Å². The van der Waals surface area contributed by atoms with Gasteiger partial charge in [-0.15, -0.1) is 0 Å². The van der Waals surface area contributed by atoms with E-state index in [4.69, 9.17) is 9.47 Å². The molecule has 24 heavy (non-hydrogen) atoms. The van der Waals surface area contributed by atoms with Gasteiger partial charge in [0.1, 0.15) is 18.8 Å². The van der Waals surface area contributed by atoms with Crippen molar-refractivity contribution in [1.29, 1.82) is 0 Å². The zero-order chi connectivity index (χ0) is 16.9. The van der Waals surface area contributed by atoms with Crippen LogP contribution in [0.2, 0.25) is 0 Å². The number of rotatable bonds is 3. The number of hydrogen-bond acceptors (Lipinski definition) is 4. The lowest BCUT2D eigenvalue weighted by Crippen LogP contribution is -2.51. The summed E-state index contributed by atoms with van der Waals surface area (Å²) in [6.07, 6.45) is 2.04. The van der Waals surface area contributed by atoms with Crippen LogP contribution in [0.3, 0.4) is 0 Å². The van der Waals surface area contributed by atoms with E-state index in [0.29, 0.717) is 26.2 Å². The van der Waals surface area contributed by atoms with Crippen LogP contribution in [0, 0.1) is 5.92 Å². The highest BCUT2D eigenvalue weighted by Gasteiger charge is 2.53. The van der Waals surface area contributed by atoms with Gasteiger partial charge in [-0.25, -0.2) is 4.79 Å². The van der Waals surface area contributed by atoms with Gasteiger partial charge in [0.15, 0.2) is 11.5 Å². The molecule has 0 unspecified atom stereocenters. The third kappa shape index (κ3) is 2.32. The van der Waals surface area contributed by atoms with Crippen molar-refractivity contribution in [1.82, 2.24) is 4.90 Å². The smallest absolute Gasteiger partial charge is 0.329 e. The van der Waals surface area contributed by atoms with Gasteiger partial charge >= 0.3 is 5.97 Å². The predicted molar refractivity (Wildman–Crippen MR) is 85.3 cm³/mol. The summed E-state index contributed by atoms with van der Waals surface area (Å²) in [5.74, 6) is 0.554. The van der Waals surface area contributed by atoms with Crippen molar-refractivity contribution in [2.24, 2.45) is 5.92 Å². The second kappa shape index (κ2) is 5.40. The molecule has 3 atom stereocenters. The molecule has 1 aromatic rings. The molecular weight excluding hydrogens is 310 g/mol. The second-order valence-corrected chi connectivity index (χ2v) is 7.02. The first kappa shape index (κ1) is 15.3. The van der Waals surface area contributed by atoms with Crippen molar-refractivity contribution >= 4 is 11.9 Å². The third-order valence-corrected chi connectivity index (χ3v) is 5.47. The van der Waals surface area contributed by atoms with Crippen LogP contribution in [0.15, 0.2) is 18.2 Å². The SMILES string of the molecule is C[C@]1(C(=O)O)CCCN1C(=O)[C@H]1C[C@@H]1c1ccc2c(c1)OCCO2. The van der Waals surface area contributed by atoms with Gasteiger partial charge in [0, 0.05) is 12.5 Å². The van der Waals surface area contributed by atoms with E-state index < -0.39 is 11.5 Å². The van der Waals surface area contributed by atoms with Crippen molar-refractivity contribution < 1.29 is 24.2 Å². The fourth-order valence-electron chi connectivity index (χ4n) is 3.87. The van der Waals surface area contributed by atoms with Crippen LogP contribution < -0.4 is 9.47 Å². The van der Waals surface area contributed by atoms with E-state index in [-0.39, 0.29) is 17.7 Å². The summed E-state index contributed by atoms with van der Waals surface area (Å²) in [7, 11) is 0. The standard InChI is InChI=1S/C18H21NO5/c1-18(17(21)22)5-2-6-19(18)16(20)13-10-12(13)11-3-4-14-15(9-11)24-8-7-23-14/h3-4,9,12-13H,2,5-8,10H2,1H3,(H,21,22)/t12-,13+,18-/m1/s1. The highest BCUT2D eigenvalue weighted by Crippen LogP contribution is 2.51. The Kier molecular flexibility index (Phi) is 3.44. The van der Waals surface area contributed by atoms with Crippen LogP contribution in [0.4, 0.5) is 0 Å². The van der Waals surface area contributed by atoms with E-state index in [0.717, 1.165) is 29.9 Å².